The van der Waals surface area contributed by atoms with Crippen LogP contribution in [0.25, 0.3) is 11.5 Å². The maximum absolute atomic E-state index is 10.1. The molecule has 0 aliphatic heterocycles. The van der Waals surface area contributed by atoms with E-state index in [1.54, 1.807) is 0 Å². The molecule has 1 heterocycles. The van der Waals surface area contributed by atoms with Gasteiger partial charge in [0.25, 0.3) is 5.89 Å². The Balaban J connectivity index is 1.61. The van der Waals surface area contributed by atoms with Crippen molar-refractivity contribution in [3.8, 4) is 11.5 Å². The maximum atomic E-state index is 10.1. The lowest BCUT2D eigenvalue weighted by molar-refractivity contribution is 0.0496. The first-order chi connectivity index (χ1) is 11.1. The van der Waals surface area contributed by atoms with E-state index in [2.05, 4.69) is 15.0 Å². The van der Waals surface area contributed by atoms with Crippen molar-refractivity contribution in [1.29, 1.82) is 0 Å². The van der Waals surface area contributed by atoms with Crippen LogP contribution in [0.5, 0.6) is 0 Å². The molecule has 124 valence electrons. The van der Waals surface area contributed by atoms with Gasteiger partial charge >= 0.3 is 0 Å². The number of aromatic nitrogens is 2. The third kappa shape index (κ3) is 3.98. The summed E-state index contributed by atoms with van der Waals surface area (Å²) in [4.78, 5) is 6.68. The topological polar surface area (TPSA) is 62.4 Å². The molecule has 1 fully saturated rings. The smallest absolute Gasteiger partial charge is 0.258 e. The quantitative estimate of drug-likeness (QED) is 0.919. The molecule has 5 nitrogen and oxygen atoms in total. The normalized spacial score (nSPS) is 21.7. The molecular formula is C18H25N3O2. The van der Waals surface area contributed by atoms with E-state index >= 15 is 0 Å². The Labute approximate surface area is 137 Å². The Bertz CT molecular complexity index is 641. The van der Waals surface area contributed by atoms with E-state index in [1.165, 1.54) is 6.42 Å². The van der Waals surface area contributed by atoms with Crippen LogP contribution in [0, 0.1) is 12.8 Å². The zero-order valence-corrected chi connectivity index (χ0v) is 13.9. The second-order valence-corrected chi connectivity index (χ2v) is 6.64. The fraction of sp³-hybridized carbons (Fsp3) is 0.556. The first kappa shape index (κ1) is 16.1. The molecule has 2 aromatic rings. The zero-order chi connectivity index (χ0) is 16.2. The Morgan fingerprint density at radius 2 is 2.04 bits per heavy atom. The van der Waals surface area contributed by atoms with Crippen molar-refractivity contribution in [2.45, 2.75) is 45.3 Å². The van der Waals surface area contributed by atoms with Gasteiger partial charge in [0, 0.05) is 12.1 Å². The molecule has 1 aromatic heterocycles. The van der Waals surface area contributed by atoms with E-state index in [4.69, 9.17) is 4.52 Å². The van der Waals surface area contributed by atoms with Crippen LogP contribution >= 0.6 is 0 Å². The van der Waals surface area contributed by atoms with Gasteiger partial charge in [-0.1, -0.05) is 36.2 Å². The summed E-state index contributed by atoms with van der Waals surface area (Å²) in [6.07, 6.45) is 4.23. The highest BCUT2D eigenvalue weighted by Gasteiger charge is 2.24. The molecule has 1 aliphatic carbocycles. The standard InChI is InChI=1S/C18H25N3O2/c1-13-7-3-5-9-15(13)18-19-17(20-23-18)12-21(2)11-14-8-4-6-10-16(14)22/h3,5,7,9,14,16,22H,4,6,8,10-12H2,1-2H3. The van der Waals surface area contributed by atoms with Crippen molar-refractivity contribution in [3.63, 3.8) is 0 Å². The van der Waals surface area contributed by atoms with Gasteiger partial charge < -0.3 is 9.63 Å². The van der Waals surface area contributed by atoms with Gasteiger partial charge in [-0.15, -0.1) is 0 Å². The fourth-order valence-electron chi connectivity index (χ4n) is 3.35. The van der Waals surface area contributed by atoms with E-state index in [-0.39, 0.29) is 6.10 Å². The molecule has 2 unspecified atom stereocenters. The van der Waals surface area contributed by atoms with Crippen LogP contribution < -0.4 is 0 Å². The molecule has 23 heavy (non-hydrogen) atoms. The molecule has 0 amide bonds. The molecule has 1 aliphatic rings. The number of hydrogen-bond acceptors (Lipinski definition) is 5. The maximum Gasteiger partial charge on any atom is 0.258 e. The molecular weight excluding hydrogens is 290 g/mol. The van der Waals surface area contributed by atoms with E-state index in [1.807, 2.05) is 38.2 Å². The number of hydrogen-bond donors (Lipinski definition) is 1. The van der Waals surface area contributed by atoms with Crippen LogP contribution in [0.4, 0.5) is 0 Å². The highest BCUT2D eigenvalue weighted by Crippen LogP contribution is 2.25. The molecule has 0 radical (unpaired) electrons. The van der Waals surface area contributed by atoms with E-state index in [0.29, 0.717) is 24.2 Å². The third-order valence-corrected chi connectivity index (χ3v) is 4.67. The summed E-state index contributed by atoms with van der Waals surface area (Å²) in [6, 6.07) is 8.01. The molecule has 5 heteroatoms. The molecule has 0 spiro atoms. The lowest BCUT2D eigenvalue weighted by atomic mass is 9.86. The van der Waals surface area contributed by atoms with E-state index in [9.17, 15) is 5.11 Å². The van der Waals surface area contributed by atoms with Gasteiger partial charge in [-0.05, 0) is 44.4 Å². The molecule has 2 atom stereocenters. The van der Waals surface area contributed by atoms with Crippen LogP contribution in [-0.2, 0) is 6.54 Å². The molecule has 1 saturated carbocycles. The predicted octanol–water partition coefficient (Wildman–Crippen LogP) is 3.03. The second kappa shape index (κ2) is 7.23. The first-order valence-corrected chi connectivity index (χ1v) is 8.38. The average Bonchev–Trinajstić information content (AvgIpc) is 2.98. The number of aliphatic hydroxyl groups is 1. The van der Waals surface area contributed by atoms with Gasteiger partial charge in [-0.25, -0.2) is 0 Å². The summed E-state index contributed by atoms with van der Waals surface area (Å²) >= 11 is 0. The van der Waals surface area contributed by atoms with Gasteiger partial charge in [0.1, 0.15) is 0 Å². The summed E-state index contributed by atoms with van der Waals surface area (Å²) in [5.41, 5.74) is 2.11. The molecule has 0 saturated heterocycles. The number of nitrogens with zero attached hydrogens (tertiary/aromatic N) is 3. The highest BCUT2D eigenvalue weighted by atomic mass is 16.5. The number of aryl methyl sites for hydroxylation is 1. The van der Waals surface area contributed by atoms with Crippen molar-refractivity contribution < 1.29 is 9.63 Å². The number of rotatable bonds is 5. The van der Waals surface area contributed by atoms with Crippen molar-refractivity contribution in [1.82, 2.24) is 15.0 Å². The van der Waals surface area contributed by atoms with Gasteiger partial charge in [0.2, 0.25) is 0 Å². The molecule has 0 bridgehead atoms. The predicted molar refractivity (Wildman–Crippen MR) is 88.8 cm³/mol. The number of aliphatic hydroxyl groups excluding tert-OH is 1. The first-order valence-electron chi connectivity index (χ1n) is 8.38. The zero-order valence-electron chi connectivity index (χ0n) is 13.9. The average molecular weight is 315 g/mol. The summed E-state index contributed by atoms with van der Waals surface area (Å²) in [6.45, 7) is 3.55. The van der Waals surface area contributed by atoms with E-state index in [0.717, 1.165) is 36.9 Å². The monoisotopic (exact) mass is 315 g/mol. The molecule has 1 N–H and O–H groups in total. The summed E-state index contributed by atoms with van der Waals surface area (Å²) in [5, 5.41) is 14.2. The largest absolute Gasteiger partial charge is 0.393 e. The van der Waals surface area contributed by atoms with Crippen molar-refractivity contribution >= 4 is 0 Å². The van der Waals surface area contributed by atoms with Gasteiger partial charge in [0.15, 0.2) is 5.82 Å². The minimum atomic E-state index is -0.168. The van der Waals surface area contributed by atoms with Crippen LogP contribution in [0.3, 0.4) is 0 Å². The molecule has 3 rings (SSSR count). The Hall–Kier alpha value is -1.72. The van der Waals surface area contributed by atoms with Crippen LogP contribution in [0.15, 0.2) is 28.8 Å². The lowest BCUT2D eigenvalue weighted by Gasteiger charge is -2.30. The Kier molecular flexibility index (Phi) is 5.08. The van der Waals surface area contributed by atoms with Gasteiger partial charge in [0.05, 0.1) is 12.6 Å². The third-order valence-electron chi connectivity index (χ3n) is 4.67. The van der Waals surface area contributed by atoms with Crippen molar-refractivity contribution in [2.24, 2.45) is 5.92 Å². The van der Waals surface area contributed by atoms with Gasteiger partial charge in [-0.3, -0.25) is 4.90 Å². The lowest BCUT2D eigenvalue weighted by Crippen LogP contribution is -2.34. The van der Waals surface area contributed by atoms with Gasteiger partial charge in [-0.2, -0.15) is 4.98 Å². The minimum absolute atomic E-state index is 0.168. The Morgan fingerprint density at radius 3 is 2.83 bits per heavy atom. The molecule has 1 aromatic carbocycles. The highest BCUT2D eigenvalue weighted by molar-refractivity contribution is 5.57. The minimum Gasteiger partial charge on any atom is -0.393 e. The summed E-state index contributed by atoms with van der Waals surface area (Å²) < 4.78 is 5.41. The van der Waals surface area contributed by atoms with E-state index < -0.39 is 0 Å². The van der Waals surface area contributed by atoms with Crippen molar-refractivity contribution in [3.05, 3.63) is 35.7 Å². The summed E-state index contributed by atoms with van der Waals surface area (Å²) in [5.74, 6) is 1.62. The second-order valence-electron chi connectivity index (χ2n) is 6.64. The number of benzene rings is 1. The summed E-state index contributed by atoms with van der Waals surface area (Å²) in [7, 11) is 2.05. The SMILES string of the molecule is Cc1ccccc1-c1nc(CN(C)CC2CCCCC2O)no1. The van der Waals surface area contributed by atoms with Crippen molar-refractivity contribution in [2.75, 3.05) is 13.6 Å². The van der Waals surface area contributed by atoms with Crippen LogP contribution in [-0.4, -0.2) is 39.8 Å². The van der Waals surface area contributed by atoms with Crippen LogP contribution in [0.1, 0.15) is 37.1 Å². The van der Waals surface area contributed by atoms with Crippen LogP contribution in [0.2, 0.25) is 0 Å². The Morgan fingerprint density at radius 1 is 1.26 bits per heavy atom. The fourth-order valence-corrected chi connectivity index (χ4v) is 3.35.